The van der Waals surface area contributed by atoms with Gasteiger partial charge in [-0.05, 0) is 30.3 Å². The van der Waals surface area contributed by atoms with Gasteiger partial charge in [0.15, 0.2) is 0 Å². The first-order chi connectivity index (χ1) is 11.6. The molecule has 0 saturated carbocycles. The lowest BCUT2D eigenvalue weighted by atomic mass is 10.2. The summed E-state index contributed by atoms with van der Waals surface area (Å²) in [6, 6.07) is 8.47. The zero-order chi connectivity index (χ0) is 18.7. The molecule has 0 aromatic heterocycles. The Labute approximate surface area is 140 Å². The monoisotopic (exact) mass is 381 g/mol. The molecule has 0 aliphatic rings. The van der Waals surface area contributed by atoms with Gasteiger partial charge in [-0.15, -0.1) is 0 Å². The Kier molecular flexibility index (Phi) is 5.63. The molecule has 136 valence electrons. The van der Waals surface area contributed by atoms with Crippen molar-refractivity contribution in [3.8, 4) is 5.75 Å². The van der Waals surface area contributed by atoms with Crippen LogP contribution >= 0.6 is 0 Å². The van der Waals surface area contributed by atoms with Crippen LogP contribution in [0.25, 0.3) is 0 Å². The van der Waals surface area contributed by atoms with Crippen LogP contribution in [0.3, 0.4) is 0 Å². The number of para-hydroxylation sites is 1. The van der Waals surface area contributed by atoms with Gasteiger partial charge in [0.05, 0.1) is 10.5 Å². The second-order valence-corrected chi connectivity index (χ2v) is 6.60. The van der Waals surface area contributed by atoms with Gasteiger partial charge in [0.2, 0.25) is 10.0 Å². The molecule has 10 heteroatoms. The molecule has 0 fully saturated rings. The van der Waals surface area contributed by atoms with Crippen LogP contribution in [-0.2, 0) is 22.7 Å². The van der Waals surface area contributed by atoms with Gasteiger partial charge in [-0.25, -0.2) is 13.1 Å². The summed E-state index contributed by atoms with van der Waals surface area (Å²) in [5.74, 6) is -0.201. The second-order valence-electron chi connectivity index (χ2n) is 4.83. The Morgan fingerprint density at radius 1 is 1.00 bits per heavy atom. The van der Waals surface area contributed by atoms with Gasteiger partial charge in [-0.3, -0.25) is 0 Å². The predicted molar refractivity (Wildman–Crippen MR) is 78.5 cm³/mol. The molecule has 0 aliphatic heterocycles. The fourth-order valence-electron chi connectivity index (χ4n) is 1.94. The Morgan fingerprint density at radius 3 is 2.16 bits per heavy atom. The van der Waals surface area contributed by atoms with Crippen LogP contribution in [0.4, 0.5) is 22.0 Å². The molecule has 1 N–H and O–H groups in total. The van der Waals surface area contributed by atoms with Crippen molar-refractivity contribution >= 4 is 10.0 Å². The molecule has 0 radical (unpaired) electrons. The zero-order valence-corrected chi connectivity index (χ0v) is 13.2. The van der Waals surface area contributed by atoms with Crippen LogP contribution in [-0.4, -0.2) is 15.0 Å². The zero-order valence-electron chi connectivity index (χ0n) is 12.4. The highest BCUT2D eigenvalue weighted by Gasteiger charge is 2.30. The number of nitrogens with one attached hydrogen (secondary N) is 1. The fraction of sp³-hybridized carbons (Fsp3) is 0.200. The summed E-state index contributed by atoms with van der Waals surface area (Å²) in [5.41, 5.74) is -0.833. The van der Waals surface area contributed by atoms with E-state index in [1.165, 1.54) is 24.3 Å². The topological polar surface area (TPSA) is 55.4 Å². The minimum Gasteiger partial charge on any atom is -0.434 e. The van der Waals surface area contributed by atoms with Crippen LogP contribution in [0.5, 0.6) is 5.75 Å². The molecular formula is C15H12F5NO3S. The summed E-state index contributed by atoms with van der Waals surface area (Å²) in [7, 11) is -4.13. The first kappa shape index (κ1) is 19.1. The maximum Gasteiger partial charge on any atom is 0.416 e. The fourth-order valence-corrected chi connectivity index (χ4v) is 2.95. The van der Waals surface area contributed by atoms with Gasteiger partial charge in [0, 0.05) is 12.1 Å². The van der Waals surface area contributed by atoms with Gasteiger partial charge >= 0.3 is 12.8 Å². The smallest absolute Gasteiger partial charge is 0.416 e. The quantitative estimate of drug-likeness (QED) is 0.775. The standard InChI is InChI=1S/C15H12F5NO3S/c16-14(17)24-13-4-2-1-3-10(13)9-21-25(22,23)12-7-5-11(6-8-12)15(18,19)20/h1-8,14,21H,9H2. The molecule has 0 spiro atoms. The van der Waals surface area contributed by atoms with E-state index in [1.807, 2.05) is 0 Å². The van der Waals surface area contributed by atoms with Crippen molar-refractivity contribution in [2.75, 3.05) is 0 Å². The number of hydrogen-bond donors (Lipinski definition) is 1. The normalized spacial score (nSPS) is 12.4. The number of halogens is 5. The number of ether oxygens (including phenoxy) is 1. The van der Waals surface area contributed by atoms with E-state index in [-0.39, 0.29) is 22.8 Å². The van der Waals surface area contributed by atoms with E-state index < -0.39 is 28.4 Å². The maximum absolute atomic E-state index is 12.5. The highest BCUT2D eigenvalue weighted by Crippen LogP contribution is 2.29. The lowest BCUT2D eigenvalue weighted by Gasteiger charge is -2.12. The summed E-state index contributed by atoms with van der Waals surface area (Å²) < 4.78 is 92.8. The van der Waals surface area contributed by atoms with Gasteiger partial charge in [0.1, 0.15) is 5.75 Å². The molecule has 2 rings (SSSR count). The molecule has 0 bridgehead atoms. The molecular weight excluding hydrogens is 369 g/mol. The Hall–Kier alpha value is -2.20. The number of alkyl halides is 5. The van der Waals surface area contributed by atoms with Gasteiger partial charge in [0.25, 0.3) is 0 Å². The highest BCUT2D eigenvalue weighted by molar-refractivity contribution is 7.89. The van der Waals surface area contributed by atoms with Crippen molar-refractivity contribution in [3.63, 3.8) is 0 Å². The number of hydrogen-bond acceptors (Lipinski definition) is 3. The van der Waals surface area contributed by atoms with E-state index in [9.17, 15) is 30.4 Å². The third-order valence-electron chi connectivity index (χ3n) is 3.13. The molecule has 0 amide bonds. The van der Waals surface area contributed by atoms with Crippen LogP contribution < -0.4 is 9.46 Å². The van der Waals surface area contributed by atoms with Crippen molar-refractivity contribution in [1.29, 1.82) is 0 Å². The summed E-state index contributed by atoms with van der Waals surface area (Å²) in [6.45, 7) is -3.45. The minimum atomic E-state index is -4.58. The Bertz CT molecular complexity index is 820. The summed E-state index contributed by atoms with van der Waals surface area (Å²) >= 11 is 0. The number of benzene rings is 2. The molecule has 0 atom stereocenters. The predicted octanol–water partition coefficient (Wildman–Crippen LogP) is 3.79. The van der Waals surface area contributed by atoms with E-state index in [1.54, 1.807) is 0 Å². The van der Waals surface area contributed by atoms with E-state index in [2.05, 4.69) is 9.46 Å². The lowest BCUT2D eigenvalue weighted by Crippen LogP contribution is -2.24. The van der Waals surface area contributed by atoms with E-state index in [0.29, 0.717) is 12.1 Å². The van der Waals surface area contributed by atoms with Crippen LogP contribution in [0, 0.1) is 0 Å². The Balaban J connectivity index is 2.15. The highest BCUT2D eigenvalue weighted by atomic mass is 32.2. The van der Waals surface area contributed by atoms with Crippen molar-refractivity contribution < 1.29 is 35.1 Å². The SMILES string of the molecule is O=S(=O)(NCc1ccccc1OC(F)F)c1ccc(C(F)(F)F)cc1. The number of sulfonamides is 1. The van der Waals surface area contributed by atoms with Gasteiger partial charge in [-0.1, -0.05) is 18.2 Å². The van der Waals surface area contributed by atoms with Crippen LogP contribution in [0.2, 0.25) is 0 Å². The largest absolute Gasteiger partial charge is 0.434 e. The first-order valence-corrected chi connectivity index (χ1v) is 8.27. The van der Waals surface area contributed by atoms with E-state index >= 15 is 0 Å². The number of rotatable bonds is 6. The van der Waals surface area contributed by atoms with Crippen molar-refractivity contribution in [1.82, 2.24) is 4.72 Å². The van der Waals surface area contributed by atoms with Gasteiger partial charge in [-0.2, -0.15) is 22.0 Å². The molecule has 2 aromatic carbocycles. The van der Waals surface area contributed by atoms with Crippen molar-refractivity contribution in [2.45, 2.75) is 24.2 Å². The van der Waals surface area contributed by atoms with Crippen LogP contribution in [0.1, 0.15) is 11.1 Å². The van der Waals surface area contributed by atoms with Crippen LogP contribution in [0.15, 0.2) is 53.4 Å². The molecule has 0 saturated heterocycles. The first-order valence-electron chi connectivity index (χ1n) is 6.79. The molecule has 2 aromatic rings. The maximum atomic E-state index is 12.5. The van der Waals surface area contributed by atoms with E-state index in [4.69, 9.17) is 0 Å². The lowest BCUT2D eigenvalue weighted by molar-refractivity contribution is -0.137. The average molecular weight is 381 g/mol. The molecule has 25 heavy (non-hydrogen) atoms. The minimum absolute atomic E-state index is 0.151. The molecule has 0 aliphatic carbocycles. The average Bonchev–Trinajstić information content (AvgIpc) is 2.53. The van der Waals surface area contributed by atoms with Crippen molar-refractivity contribution in [3.05, 3.63) is 59.7 Å². The molecule has 0 unspecified atom stereocenters. The second kappa shape index (κ2) is 7.36. The molecule has 0 heterocycles. The van der Waals surface area contributed by atoms with Crippen molar-refractivity contribution in [2.24, 2.45) is 0 Å². The molecule has 4 nitrogen and oxygen atoms in total. The van der Waals surface area contributed by atoms with E-state index in [0.717, 1.165) is 12.1 Å². The summed E-state index contributed by atoms with van der Waals surface area (Å²) in [6.07, 6.45) is -4.58. The van der Waals surface area contributed by atoms with Gasteiger partial charge < -0.3 is 4.74 Å². The third kappa shape index (κ3) is 5.13. The Morgan fingerprint density at radius 2 is 1.60 bits per heavy atom. The summed E-state index contributed by atoms with van der Waals surface area (Å²) in [5, 5.41) is 0. The third-order valence-corrected chi connectivity index (χ3v) is 4.55. The summed E-state index contributed by atoms with van der Waals surface area (Å²) in [4.78, 5) is -0.382.